The SMILES string of the molecule is CC(CN1C(=O)C2C3C=CC(C3)C2C1=O)C(=O)O. The van der Waals surface area contributed by atoms with Crippen LogP contribution in [0.4, 0.5) is 0 Å². The summed E-state index contributed by atoms with van der Waals surface area (Å²) in [4.78, 5) is 36.4. The van der Waals surface area contributed by atoms with Gasteiger partial charge in [0.2, 0.25) is 11.8 Å². The minimum Gasteiger partial charge on any atom is -0.481 e. The van der Waals surface area contributed by atoms with Crippen molar-refractivity contribution in [3.63, 3.8) is 0 Å². The van der Waals surface area contributed by atoms with Gasteiger partial charge in [0.15, 0.2) is 0 Å². The third kappa shape index (κ3) is 1.36. The van der Waals surface area contributed by atoms with Crippen molar-refractivity contribution in [1.29, 1.82) is 0 Å². The van der Waals surface area contributed by atoms with Crippen molar-refractivity contribution in [2.24, 2.45) is 29.6 Å². The van der Waals surface area contributed by atoms with Crippen molar-refractivity contribution in [2.75, 3.05) is 6.54 Å². The second-order valence-electron chi connectivity index (χ2n) is 5.53. The highest BCUT2D eigenvalue weighted by atomic mass is 16.4. The minimum absolute atomic E-state index is 0.000556. The maximum atomic E-state index is 12.2. The predicted molar refractivity (Wildman–Crippen MR) is 61.2 cm³/mol. The first-order valence-electron chi connectivity index (χ1n) is 6.27. The Labute approximate surface area is 104 Å². The van der Waals surface area contributed by atoms with Crippen LogP contribution in [0.2, 0.25) is 0 Å². The van der Waals surface area contributed by atoms with E-state index in [0.717, 1.165) is 6.42 Å². The highest BCUT2D eigenvalue weighted by molar-refractivity contribution is 6.06. The van der Waals surface area contributed by atoms with Crippen LogP contribution in [0.3, 0.4) is 0 Å². The van der Waals surface area contributed by atoms with Crippen molar-refractivity contribution in [1.82, 2.24) is 4.90 Å². The predicted octanol–water partition coefficient (Wildman–Crippen LogP) is 0.514. The number of nitrogens with zero attached hydrogens (tertiary/aromatic N) is 1. The lowest BCUT2D eigenvalue weighted by atomic mass is 9.85. The van der Waals surface area contributed by atoms with Gasteiger partial charge in [0, 0.05) is 6.54 Å². The smallest absolute Gasteiger partial charge is 0.308 e. The Morgan fingerprint density at radius 1 is 1.33 bits per heavy atom. The quantitative estimate of drug-likeness (QED) is 0.584. The lowest BCUT2D eigenvalue weighted by Crippen LogP contribution is -2.38. The number of carbonyl (C=O) groups is 3. The average molecular weight is 249 g/mol. The molecular formula is C13H15NO4. The van der Waals surface area contributed by atoms with Crippen LogP contribution >= 0.6 is 0 Å². The summed E-state index contributed by atoms with van der Waals surface area (Å²) in [7, 11) is 0. The van der Waals surface area contributed by atoms with E-state index in [1.54, 1.807) is 0 Å². The lowest BCUT2D eigenvalue weighted by Gasteiger charge is -2.19. The average Bonchev–Trinajstić information content (AvgIpc) is 2.98. The molecule has 3 rings (SSSR count). The van der Waals surface area contributed by atoms with E-state index in [1.807, 2.05) is 12.2 Å². The number of carboxylic acids is 1. The third-order valence-electron chi connectivity index (χ3n) is 4.44. The summed E-state index contributed by atoms with van der Waals surface area (Å²) in [5, 5.41) is 8.87. The second kappa shape index (κ2) is 3.67. The van der Waals surface area contributed by atoms with Gasteiger partial charge in [-0.25, -0.2) is 0 Å². The zero-order chi connectivity index (χ0) is 13.0. The maximum Gasteiger partial charge on any atom is 0.308 e. The van der Waals surface area contributed by atoms with Crippen molar-refractivity contribution < 1.29 is 19.5 Å². The van der Waals surface area contributed by atoms with Gasteiger partial charge in [0.05, 0.1) is 17.8 Å². The Kier molecular flexibility index (Phi) is 2.33. The fraction of sp³-hybridized carbons (Fsp3) is 0.615. The van der Waals surface area contributed by atoms with Gasteiger partial charge in [-0.05, 0) is 18.3 Å². The molecule has 1 N–H and O–H groups in total. The highest BCUT2D eigenvalue weighted by Gasteiger charge is 2.59. The summed E-state index contributed by atoms with van der Waals surface area (Å²) in [6.07, 6.45) is 4.96. The Hall–Kier alpha value is -1.65. The molecule has 2 amide bonds. The van der Waals surface area contributed by atoms with E-state index < -0.39 is 11.9 Å². The van der Waals surface area contributed by atoms with Gasteiger partial charge >= 0.3 is 5.97 Å². The minimum atomic E-state index is -0.978. The summed E-state index contributed by atoms with van der Waals surface area (Å²) in [6.45, 7) is 1.52. The molecule has 1 heterocycles. The summed E-state index contributed by atoms with van der Waals surface area (Å²) in [6, 6.07) is 0. The number of likely N-dealkylation sites (tertiary alicyclic amines) is 1. The first kappa shape index (κ1) is 11.4. The van der Waals surface area contributed by atoms with Gasteiger partial charge in [-0.3, -0.25) is 19.3 Å². The summed E-state index contributed by atoms with van der Waals surface area (Å²) >= 11 is 0. The molecule has 2 aliphatic carbocycles. The van der Waals surface area contributed by atoms with E-state index in [1.165, 1.54) is 11.8 Å². The maximum absolute atomic E-state index is 12.2. The molecule has 1 saturated carbocycles. The Morgan fingerprint density at radius 3 is 2.28 bits per heavy atom. The number of imide groups is 1. The molecule has 3 aliphatic rings. The van der Waals surface area contributed by atoms with E-state index in [-0.39, 0.29) is 42.0 Å². The molecule has 0 spiro atoms. The highest BCUT2D eigenvalue weighted by Crippen LogP contribution is 2.52. The first-order valence-corrected chi connectivity index (χ1v) is 6.27. The standard InChI is InChI=1S/C13H15NO4/c1-6(13(17)18)5-14-11(15)9-7-2-3-8(4-7)10(9)12(14)16/h2-3,6-10H,4-5H2,1H3,(H,17,18). The van der Waals surface area contributed by atoms with Crippen LogP contribution in [0.5, 0.6) is 0 Å². The fourth-order valence-electron chi connectivity index (χ4n) is 3.50. The van der Waals surface area contributed by atoms with Crippen molar-refractivity contribution >= 4 is 17.8 Å². The zero-order valence-corrected chi connectivity index (χ0v) is 10.1. The number of rotatable bonds is 3. The Bertz CT molecular complexity index is 440. The monoisotopic (exact) mass is 249 g/mol. The molecule has 1 aliphatic heterocycles. The number of hydrogen-bond donors (Lipinski definition) is 1. The topological polar surface area (TPSA) is 74.7 Å². The number of allylic oxidation sites excluding steroid dienone is 2. The van der Waals surface area contributed by atoms with E-state index in [0.29, 0.717) is 0 Å². The van der Waals surface area contributed by atoms with Crippen LogP contribution in [0.25, 0.3) is 0 Å². The second-order valence-corrected chi connectivity index (χ2v) is 5.53. The molecule has 0 radical (unpaired) electrons. The van der Waals surface area contributed by atoms with E-state index >= 15 is 0 Å². The zero-order valence-electron chi connectivity index (χ0n) is 10.1. The molecule has 5 heteroatoms. The molecule has 2 fully saturated rings. The van der Waals surface area contributed by atoms with E-state index in [2.05, 4.69) is 0 Å². The molecule has 18 heavy (non-hydrogen) atoms. The van der Waals surface area contributed by atoms with Crippen LogP contribution in [0.15, 0.2) is 12.2 Å². The number of aliphatic carboxylic acids is 1. The molecule has 5 unspecified atom stereocenters. The molecule has 0 aromatic heterocycles. The van der Waals surface area contributed by atoms with Crippen LogP contribution in [0.1, 0.15) is 13.3 Å². The Balaban J connectivity index is 1.82. The lowest BCUT2D eigenvalue weighted by molar-refractivity contribution is -0.145. The molecule has 5 atom stereocenters. The summed E-state index contributed by atoms with van der Waals surface area (Å²) in [5.41, 5.74) is 0. The number of hydrogen-bond acceptors (Lipinski definition) is 3. The Morgan fingerprint density at radius 2 is 1.83 bits per heavy atom. The van der Waals surface area contributed by atoms with Gasteiger partial charge < -0.3 is 5.11 Å². The largest absolute Gasteiger partial charge is 0.481 e. The molecule has 0 aromatic rings. The molecule has 0 aromatic carbocycles. The van der Waals surface area contributed by atoms with Crippen molar-refractivity contribution in [2.45, 2.75) is 13.3 Å². The molecule has 1 saturated heterocycles. The van der Waals surface area contributed by atoms with Gasteiger partial charge in [0.1, 0.15) is 0 Å². The number of fused-ring (bicyclic) bond motifs is 5. The van der Waals surface area contributed by atoms with Gasteiger partial charge in [-0.15, -0.1) is 0 Å². The fourth-order valence-corrected chi connectivity index (χ4v) is 3.50. The molecule has 2 bridgehead atoms. The van der Waals surface area contributed by atoms with Crippen molar-refractivity contribution in [3.8, 4) is 0 Å². The van der Waals surface area contributed by atoms with Crippen LogP contribution in [-0.4, -0.2) is 34.3 Å². The molecule has 96 valence electrons. The van der Waals surface area contributed by atoms with Gasteiger partial charge in [0.25, 0.3) is 0 Å². The third-order valence-corrected chi connectivity index (χ3v) is 4.44. The van der Waals surface area contributed by atoms with Gasteiger partial charge in [-0.2, -0.15) is 0 Å². The van der Waals surface area contributed by atoms with Gasteiger partial charge in [-0.1, -0.05) is 19.1 Å². The first-order chi connectivity index (χ1) is 8.50. The van der Waals surface area contributed by atoms with Crippen molar-refractivity contribution in [3.05, 3.63) is 12.2 Å². The number of amides is 2. The summed E-state index contributed by atoms with van der Waals surface area (Å²) in [5.74, 6) is -2.12. The van der Waals surface area contributed by atoms with E-state index in [9.17, 15) is 14.4 Å². The normalized spacial score (nSPS) is 38.4. The summed E-state index contributed by atoms with van der Waals surface area (Å²) < 4.78 is 0. The number of carboxylic acid groups (broad SMARTS) is 1. The molecular weight excluding hydrogens is 234 g/mol. The van der Waals surface area contributed by atoms with Crippen LogP contribution < -0.4 is 0 Å². The van der Waals surface area contributed by atoms with Crippen LogP contribution in [-0.2, 0) is 14.4 Å². The van der Waals surface area contributed by atoms with E-state index in [4.69, 9.17) is 5.11 Å². The van der Waals surface area contributed by atoms with Crippen LogP contribution in [0, 0.1) is 29.6 Å². The molecule has 5 nitrogen and oxygen atoms in total. The number of carbonyl (C=O) groups excluding carboxylic acids is 2.